The molecule has 4 aliphatic rings. The molecule has 0 aromatic heterocycles. The Labute approximate surface area is 249 Å². The van der Waals surface area contributed by atoms with Crippen molar-refractivity contribution in [1.82, 2.24) is 5.32 Å². The van der Waals surface area contributed by atoms with Crippen LogP contribution in [0.5, 0.6) is 0 Å². The fourth-order valence-corrected chi connectivity index (χ4v) is 9.60. The lowest BCUT2D eigenvalue weighted by Gasteiger charge is -2.58. The Bertz CT molecular complexity index is 958. The smallest absolute Gasteiger partial charge is 0.407 e. The number of carbonyl (C=O) groups is 2. The molecule has 6 heteroatoms. The van der Waals surface area contributed by atoms with Crippen molar-refractivity contribution in [1.29, 1.82) is 0 Å². The molecule has 0 radical (unpaired) electrons. The van der Waals surface area contributed by atoms with Crippen molar-refractivity contribution in [2.45, 2.75) is 137 Å². The average molecular weight is 574 g/mol. The summed E-state index contributed by atoms with van der Waals surface area (Å²) in [6.45, 7) is 15.6. The maximum atomic E-state index is 12.5. The first-order chi connectivity index (χ1) is 19.3. The summed E-state index contributed by atoms with van der Waals surface area (Å²) in [5.74, 6) is 4.48. The van der Waals surface area contributed by atoms with Crippen molar-refractivity contribution in [3.8, 4) is 0 Å². The molecule has 0 saturated heterocycles. The Morgan fingerprint density at radius 3 is 2.54 bits per heavy atom. The van der Waals surface area contributed by atoms with Crippen LogP contribution in [0.3, 0.4) is 0 Å². The van der Waals surface area contributed by atoms with E-state index in [1.54, 1.807) is 13.8 Å². The highest BCUT2D eigenvalue weighted by molar-refractivity contribution is 5.72. The Morgan fingerprint density at radius 1 is 1.07 bits per heavy atom. The molecule has 0 aromatic rings. The second-order valence-electron chi connectivity index (χ2n) is 15.6. The average Bonchev–Trinajstić information content (AvgIpc) is 3.25. The van der Waals surface area contributed by atoms with E-state index >= 15 is 0 Å². The Morgan fingerprint density at radius 2 is 1.83 bits per heavy atom. The SMILES string of the molecule is CC(C)CCCC(C)C1CC[C@H]2[C@@H]3CC=C4C[C@@H](OC(=O)NCCC(=O)OC(C)(C)CO)CC[C@]4(C)[C@H]3CC[C@]12C. The van der Waals surface area contributed by atoms with Crippen molar-refractivity contribution >= 4 is 12.1 Å². The van der Waals surface area contributed by atoms with Gasteiger partial charge in [0, 0.05) is 13.0 Å². The molecule has 0 bridgehead atoms. The third-order valence-corrected chi connectivity index (χ3v) is 11.9. The van der Waals surface area contributed by atoms with Gasteiger partial charge in [0.1, 0.15) is 11.7 Å². The molecule has 4 rings (SSSR count). The van der Waals surface area contributed by atoms with Crippen molar-refractivity contribution in [3.63, 3.8) is 0 Å². The van der Waals surface area contributed by atoms with E-state index in [1.165, 1.54) is 56.9 Å². The number of esters is 1. The number of hydrogen-bond acceptors (Lipinski definition) is 5. The van der Waals surface area contributed by atoms with Crippen molar-refractivity contribution in [3.05, 3.63) is 11.6 Å². The van der Waals surface area contributed by atoms with Gasteiger partial charge in [-0.1, -0.05) is 65.5 Å². The molecular weight excluding hydrogens is 514 g/mol. The highest BCUT2D eigenvalue weighted by Gasteiger charge is 2.59. The molecule has 0 heterocycles. The molecule has 234 valence electrons. The highest BCUT2D eigenvalue weighted by Crippen LogP contribution is 2.67. The molecule has 0 aromatic carbocycles. The number of nitrogens with one attached hydrogen (secondary N) is 1. The molecule has 3 fully saturated rings. The number of aliphatic hydroxyl groups excluding tert-OH is 1. The number of carbonyl (C=O) groups excluding carboxylic acids is 2. The number of fused-ring (bicyclic) bond motifs is 5. The first-order valence-electron chi connectivity index (χ1n) is 16.8. The predicted molar refractivity (Wildman–Crippen MR) is 163 cm³/mol. The zero-order valence-corrected chi connectivity index (χ0v) is 27.1. The number of alkyl carbamates (subject to hydrolysis) is 1. The monoisotopic (exact) mass is 573 g/mol. The van der Waals surface area contributed by atoms with Gasteiger partial charge in [-0.15, -0.1) is 0 Å². The van der Waals surface area contributed by atoms with Crippen LogP contribution in [0.25, 0.3) is 0 Å². The number of amides is 1. The quantitative estimate of drug-likeness (QED) is 0.194. The molecule has 6 nitrogen and oxygen atoms in total. The zero-order valence-electron chi connectivity index (χ0n) is 27.1. The zero-order chi connectivity index (χ0) is 30.0. The lowest BCUT2D eigenvalue weighted by Crippen LogP contribution is -2.51. The summed E-state index contributed by atoms with van der Waals surface area (Å²) in [5, 5.41) is 12.0. The first-order valence-corrected chi connectivity index (χ1v) is 16.8. The molecular formula is C35H59NO5. The van der Waals surface area contributed by atoms with Gasteiger partial charge in [0.05, 0.1) is 13.0 Å². The largest absolute Gasteiger partial charge is 0.457 e. The summed E-state index contributed by atoms with van der Waals surface area (Å²) in [6, 6.07) is 0. The summed E-state index contributed by atoms with van der Waals surface area (Å²) in [7, 11) is 0. The fraction of sp³-hybridized carbons (Fsp3) is 0.886. The normalized spacial score (nSPS) is 35.5. The van der Waals surface area contributed by atoms with E-state index < -0.39 is 17.7 Å². The maximum Gasteiger partial charge on any atom is 0.407 e. The Balaban J connectivity index is 1.30. The van der Waals surface area contributed by atoms with Gasteiger partial charge in [0.25, 0.3) is 0 Å². The van der Waals surface area contributed by atoms with E-state index in [4.69, 9.17) is 9.47 Å². The molecule has 0 spiro atoms. The summed E-state index contributed by atoms with van der Waals surface area (Å²) in [5.41, 5.74) is 1.32. The van der Waals surface area contributed by atoms with Gasteiger partial charge in [-0.2, -0.15) is 0 Å². The van der Waals surface area contributed by atoms with E-state index in [2.05, 4.69) is 46.0 Å². The maximum absolute atomic E-state index is 12.5. The molecule has 2 unspecified atom stereocenters. The van der Waals surface area contributed by atoms with Crippen LogP contribution in [0.15, 0.2) is 11.6 Å². The summed E-state index contributed by atoms with van der Waals surface area (Å²) < 4.78 is 11.0. The van der Waals surface area contributed by atoms with Gasteiger partial charge < -0.3 is 19.9 Å². The third kappa shape index (κ3) is 7.16. The van der Waals surface area contributed by atoms with Crippen LogP contribution in [-0.2, 0) is 14.3 Å². The van der Waals surface area contributed by atoms with Gasteiger partial charge in [0.2, 0.25) is 0 Å². The van der Waals surface area contributed by atoms with Crippen LogP contribution in [0, 0.1) is 46.3 Å². The second-order valence-corrected chi connectivity index (χ2v) is 15.6. The van der Waals surface area contributed by atoms with Crippen molar-refractivity contribution < 1.29 is 24.2 Å². The van der Waals surface area contributed by atoms with E-state index in [1.807, 2.05) is 0 Å². The van der Waals surface area contributed by atoms with Crippen LogP contribution in [-0.4, -0.2) is 42.0 Å². The third-order valence-electron chi connectivity index (χ3n) is 11.9. The Kier molecular flexibility index (Phi) is 10.2. The standard InChI is InChI=1S/C35H59NO5/c1-23(2)9-8-10-24(3)28-13-14-29-27-12-11-25-21-26(15-18-34(25,6)30(27)16-19-35(28,29)7)40-32(39)36-20-17-31(38)41-33(4,5)22-37/h11,23-24,26-30,37H,8-10,12-22H2,1-7H3,(H,36,39)/t24?,26-,27-,28?,29-,30-,34-,35+/m0/s1. The van der Waals surface area contributed by atoms with E-state index in [-0.39, 0.29) is 31.1 Å². The molecule has 1 amide bonds. The van der Waals surface area contributed by atoms with Crippen molar-refractivity contribution in [2.24, 2.45) is 46.3 Å². The molecule has 0 aliphatic heterocycles. The summed E-state index contributed by atoms with van der Waals surface area (Å²) in [6.07, 6.45) is 15.7. The molecule has 8 atom stereocenters. The van der Waals surface area contributed by atoms with Crippen LogP contribution in [0.4, 0.5) is 4.79 Å². The molecule has 2 N–H and O–H groups in total. The number of hydrogen-bond donors (Lipinski definition) is 2. The number of aliphatic hydroxyl groups is 1. The minimum Gasteiger partial charge on any atom is -0.457 e. The molecule has 41 heavy (non-hydrogen) atoms. The lowest BCUT2D eigenvalue weighted by molar-refractivity contribution is -0.159. The van der Waals surface area contributed by atoms with E-state index in [0.717, 1.165) is 54.8 Å². The van der Waals surface area contributed by atoms with E-state index in [9.17, 15) is 14.7 Å². The summed E-state index contributed by atoms with van der Waals surface area (Å²) in [4.78, 5) is 24.5. The van der Waals surface area contributed by atoms with Gasteiger partial charge in [-0.25, -0.2) is 4.79 Å². The van der Waals surface area contributed by atoms with Crippen LogP contribution in [0.2, 0.25) is 0 Å². The summed E-state index contributed by atoms with van der Waals surface area (Å²) >= 11 is 0. The van der Waals surface area contributed by atoms with Gasteiger partial charge in [0.15, 0.2) is 0 Å². The molecule has 4 aliphatic carbocycles. The fourth-order valence-electron chi connectivity index (χ4n) is 9.60. The van der Waals surface area contributed by atoms with Gasteiger partial charge >= 0.3 is 12.1 Å². The second kappa shape index (κ2) is 13.0. The van der Waals surface area contributed by atoms with Crippen LogP contribution in [0.1, 0.15) is 126 Å². The van der Waals surface area contributed by atoms with Gasteiger partial charge in [-0.3, -0.25) is 4.79 Å². The van der Waals surface area contributed by atoms with E-state index in [0.29, 0.717) is 5.41 Å². The predicted octanol–water partition coefficient (Wildman–Crippen LogP) is 7.83. The number of rotatable bonds is 11. The van der Waals surface area contributed by atoms with Crippen molar-refractivity contribution in [2.75, 3.05) is 13.2 Å². The van der Waals surface area contributed by atoms with Gasteiger partial charge in [-0.05, 0) is 105 Å². The van der Waals surface area contributed by atoms with Crippen LogP contribution < -0.4 is 5.32 Å². The number of allylic oxidation sites excluding steroid dienone is 1. The topological polar surface area (TPSA) is 84.9 Å². The van der Waals surface area contributed by atoms with Crippen LogP contribution >= 0.6 is 0 Å². The number of ether oxygens (including phenoxy) is 2. The Hall–Kier alpha value is -1.56. The minimum atomic E-state index is -0.916. The minimum absolute atomic E-state index is 0.0488. The first kappa shape index (κ1) is 32.4. The highest BCUT2D eigenvalue weighted by atomic mass is 16.6. The molecule has 3 saturated carbocycles. The lowest BCUT2D eigenvalue weighted by atomic mass is 9.47.